The van der Waals surface area contributed by atoms with Crippen molar-refractivity contribution in [3.63, 3.8) is 0 Å². The largest absolute Gasteiger partial charge is 0.399 e. The molecule has 2 aromatic rings. The molecule has 0 saturated carbocycles. The van der Waals surface area contributed by atoms with Crippen LogP contribution >= 0.6 is 0 Å². The molecule has 104 valence electrons. The van der Waals surface area contributed by atoms with Gasteiger partial charge in [0, 0.05) is 56.5 Å². The lowest BCUT2D eigenvalue weighted by Gasteiger charge is -2.36. The van der Waals surface area contributed by atoms with Crippen molar-refractivity contribution in [3.05, 3.63) is 54.4 Å². The summed E-state index contributed by atoms with van der Waals surface area (Å²) in [6.45, 7) is 5.32. The number of nitrogen functional groups attached to an aromatic ring is 1. The highest BCUT2D eigenvalue weighted by Gasteiger charge is 2.16. The average molecular weight is 268 g/mol. The van der Waals surface area contributed by atoms with Crippen LogP contribution in [-0.2, 0) is 6.54 Å². The zero-order chi connectivity index (χ0) is 13.8. The van der Waals surface area contributed by atoms with Gasteiger partial charge in [0.1, 0.15) is 0 Å². The molecule has 1 aromatic carbocycles. The zero-order valence-corrected chi connectivity index (χ0v) is 11.6. The minimum atomic E-state index is 0.830. The van der Waals surface area contributed by atoms with Crippen molar-refractivity contribution in [3.8, 4) is 0 Å². The first-order chi connectivity index (χ1) is 9.81. The molecule has 0 spiro atoms. The predicted octanol–water partition coefficient (Wildman–Crippen LogP) is 1.99. The van der Waals surface area contributed by atoms with Crippen LogP contribution in [0, 0.1) is 0 Å². The van der Waals surface area contributed by atoms with Crippen molar-refractivity contribution in [1.29, 1.82) is 0 Å². The Kier molecular flexibility index (Phi) is 3.83. The highest BCUT2D eigenvalue weighted by atomic mass is 15.3. The van der Waals surface area contributed by atoms with Crippen molar-refractivity contribution >= 4 is 11.4 Å². The van der Waals surface area contributed by atoms with Gasteiger partial charge in [-0.25, -0.2) is 0 Å². The van der Waals surface area contributed by atoms with Crippen molar-refractivity contribution in [2.24, 2.45) is 0 Å². The zero-order valence-electron chi connectivity index (χ0n) is 11.6. The summed E-state index contributed by atoms with van der Waals surface area (Å²) in [5.41, 5.74) is 9.15. The Bertz CT molecular complexity index is 530. The molecular formula is C16H20N4. The second-order valence-corrected chi connectivity index (χ2v) is 5.21. The third-order valence-electron chi connectivity index (χ3n) is 3.79. The van der Waals surface area contributed by atoms with Crippen LogP contribution in [0.3, 0.4) is 0 Å². The van der Waals surface area contributed by atoms with E-state index in [1.54, 1.807) is 0 Å². The number of benzene rings is 1. The van der Waals surface area contributed by atoms with Gasteiger partial charge in [-0.05, 0) is 29.8 Å². The Balaban J connectivity index is 1.55. The second-order valence-electron chi connectivity index (χ2n) is 5.21. The molecule has 0 radical (unpaired) electrons. The van der Waals surface area contributed by atoms with E-state index in [0.29, 0.717) is 0 Å². The molecule has 4 nitrogen and oxygen atoms in total. The van der Waals surface area contributed by atoms with Crippen LogP contribution in [0.1, 0.15) is 5.56 Å². The third kappa shape index (κ3) is 3.08. The summed E-state index contributed by atoms with van der Waals surface area (Å²) in [5, 5.41) is 0. The van der Waals surface area contributed by atoms with E-state index in [4.69, 9.17) is 5.73 Å². The minimum absolute atomic E-state index is 0.830. The van der Waals surface area contributed by atoms with Gasteiger partial charge in [-0.1, -0.05) is 12.1 Å². The van der Waals surface area contributed by atoms with E-state index in [2.05, 4.69) is 39.0 Å². The molecule has 3 rings (SSSR count). The quantitative estimate of drug-likeness (QED) is 0.865. The van der Waals surface area contributed by atoms with Crippen molar-refractivity contribution in [2.45, 2.75) is 6.54 Å². The molecule has 1 saturated heterocycles. The van der Waals surface area contributed by atoms with Gasteiger partial charge >= 0.3 is 0 Å². The molecule has 1 aromatic heterocycles. The maximum atomic E-state index is 5.72. The lowest BCUT2D eigenvalue weighted by molar-refractivity contribution is 0.250. The van der Waals surface area contributed by atoms with E-state index in [1.165, 1.54) is 11.3 Å². The van der Waals surface area contributed by atoms with Crippen LogP contribution < -0.4 is 10.6 Å². The first kappa shape index (κ1) is 12.9. The maximum Gasteiger partial charge on any atom is 0.0397 e. The summed E-state index contributed by atoms with van der Waals surface area (Å²) < 4.78 is 0. The Morgan fingerprint density at radius 1 is 0.900 bits per heavy atom. The number of rotatable bonds is 3. The number of hydrogen-bond acceptors (Lipinski definition) is 4. The summed E-state index contributed by atoms with van der Waals surface area (Å²) in [6.07, 6.45) is 3.71. The summed E-state index contributed by atoms with van der Waals surface area (Å²) >= 11 is 0. The number of hydrogen-bond donors (Lipinski definition) is 1. The Morgan fingerprint density at radius 3 is 2.20 bits per heavy atom. The lowest BCUT2D eigenvalue weighted by Crippen LogP contribution is -2.45. The predicted molar refractivity (Wildman–Crippen MR) is 82.6 cm³/mol. The monoisotopic (exact) mass is 268 g/mol. The van der Waals surface area contributed by atoms with E-state index in [0.717, 1.165) is 38.4 Å². The molecule has 1 aliphatic heterocycles. The number of nitrogens with zero attached hydrogens (tertiary/aromatic N) is 3. The minimum Gasteiger partial charge on any atom is -0.399 e. The number of piperazine rings is 1. The van der Waals surface area contributed by atoms with Crippen LogP contribution in [0.2, 0.25) is 0 Å². The molecule has 20 heavy (non-hydrogen) atoms. The summed E-state index contributed by atoms with van der Waals surface area (Å²) in [6, 6.07) is 12.3. The fourth-order valence-corrected chi connectivity index (χ4v) is 2.60. The van der Waals surface area contributed by atoms with Crippen LogP contribution in [-0.4, -0.2) is 36.1 Å². The van der Waals surface area contributed by atoms with Crippen LogP contribution in [0.5, 0.6) is 0 Å². The molecule has 1 aliphatic rings. The maximum absolute atomic E-state index is 5.72. The first-order valence-corrected chi connectivity index (χ1v) is 7.03. The number of pyridine rings is 1. The Morgan fingerprint density at radius 2 is 1.55 bits per heavy atom. The molecule has 2 heterocycles. The number of anilines is 2. The Hall–Kier alpha value is -2.07. The Labute approximate surface area is 119 Å². The molecule has 0 aliphatic carbocycles. The number of aromatic nitrogens is 1. The fourth-order valence-electron chi connectivity index (χ4n) is 2.60. The molecule has 2 N–H and O–H groups in total. The fraction of sp³-hybridized carbons (Fsp3) is 0.312. The van der Waals surface area contributed by atoms with Crippen LogP contribution in [0.25, 0.3) is 0 Å². The van der Waals surface area contributed by atoms with Crippen LogP contribution in [0.15, 0.2) is 48.8 Å². The van der Waals surface area contributed by atoms with Gasteiger partial charge in [-0.3, -0.25) is 9.88 Å². The molecule has 0 amide bonds. The van der Waals surface area contributed by atoms with Gasteiger partial charge in [0.15, 0.2) is 0 Å². The molecule has 4 heteroatoms. The normalized spacial score (nSPS) is 16.3. The summed E-state index contributed by atoms with van der Waals surface area (Å²) in [5.74, 6) is 0. The van der Waals surface area contributed by atoms with Crippen LogP contribution in [0.4, 0.5) is 11.4 Å². The van der Waals surface area contributed by atoms with Crippen molar-refractivity contribution in [2.75, 3.05) is 36.8 Å². The SMILES string of the molecule is Nc1ccc(CN2CCN(c3ccncc3)CC2)cc1. The van der Waals surface area contributed by atoms with Crippen molar-refractivity contribution < 1.29 is 0 Å². The first-order valence-electron chi connectivity index (χ1n) is 7.03. The van der Waals surface area contributed by atoms with Gasteiger partial charge in [0.25, 0.3) is 0 Å². The van der Waals surface area contributed by atoms with E-state index >= 15 is 0 Å². The van der Waals surface area contributed by atoms with E-state index in [1.807, 2.05) is 24.5 Å². The topological polar surface area (TPSA) is 45.4 Å². The highest BCUT2D eigenvalue weighted by Crippen LogP contribution is 2.16. The lowest BCUT2D eigenvalue weighted by atomic mass is 10.2. The summed E-state index contributed by atoms with van der Waals surface area (Å²) in [4.78, 5) is 8.98. The van der Waals surface area contributed by atoms with Gasteiger partial charge in [-0.2, -0.15) is 0 Å². The standard InChI is InChI=1S/C16H20N4/c17-15-3-1-14(2-4-15)13-19-9-11-20(12-10-19)16-5-7-18-8-6-16/h1-8H,9-13,17H2. The van der Waals surface area contributed by atoms with Gasteiger partial charge in [0.05, 0.1) is 0 Å². The molecule has 1 fully saturated rings. The van der Waals surface area contributed by atoms with Gasteiger partial charge < -0.3 is 10.6 Å². The highest BCUT2D eigenvalue weighted by molar-refractivity contribution is 5.45. The van der Waals surface area contributed by atoms with E-state index < -0.39 is 0 Å². The van der Waals surface area contributed by atoms with Gasteiger partial charge in [-0.15, -0.1) is 0 Å². The second kappa shape index (κ2) is 5.92. The summed E-state index contributed by atoms with van der Waals surface area (Å²) in [7, 11) is 0. The van der Waals surface area contributed by atoms with Crippen molar-refractivity contribution in [1.82, 2.24) is 9.88 Å². The average Bonchev–Trinajstić information content (AvgIpc) is 2.51. The number of nitrogens with two attached hydrogens (primary N) is 1. The smallest absolute Gasteiger partial charge is 0.0397 e. The molecule has 0 bridgehead atoms. The molecule has 0 atom stereocenters. The molecule has 0 unspecified atom stereocenters. The molecular weight excluding hydrogens is 248 g/mol. The van der Waals surface area contributed by atoms with E-state index in [9.17, 15) is 0 Å². The van der Waals surface area contributed by atoms with Gasteiger partial charge in [0.2, 0.25) is 0 Å². The van der Waals surface area contributed by atoms with E-state index in [-0.39, 0.29) is 0 Å². The third-order valence-corrected chi connectivity index (χ3v) is 3.79.